The number of carbonyl (C=O) groups is 1. The van der Waals surface area contributed by atoms with Crippen LogP contribution in [-0.2, 0) is 0 Å². The Bertz CT molecular complexity index is 342. The average molecular weight is 209 g/mol. The highest BCUT2D eigenvalue weighted by Gasteiger charge is 2.19. The second-order valence-electron chi connectivity index (χ2n) is 3.78. The number of hydrogen-bond donors (Lipinski definition) is 2. The van der Waals surface area contributed by atoms with Crippen molar-refractivity contribution in [3.05, 3.63) is 17.8 Å². The lowest BCUT2D eigenvalue weighted by atomic mass is 10.1. The Morgan fingerprint density at radius 1 is 1.73 bits per heavy atom. The van der Waals surface area contributed by atoms with Crippen LogP contribution in [0.15, 0.2) is 10.8 Å². The van der Waals surface area contributed by atoms with Crippen molar-refractivity contribution in [1.29, 1.82) is 0 Å². The van der Waals surface area contributed by atoms with E-state index in [1.807, 2.05) is 0 Å². The molecule has 0 aromatic carbocycles. The molecular weight excluding hydrogens is 194 g/mol. The summed E-state index contributed by atoms with van der Waals surface area (Å²) < 4.78 is 5.02. The van der Waals surface area contributed by atoms with Crippen molar-refractivity contribution < 1.29 is 9.21 Å². The maximum Gasteiger partial charge on any atom is 0.289 e. The Morgan fingerprint density at radius 2 is 2.60 bits per heavy atom. The van der Waals surface area contributed by atoms with Gasteiger partial charge in [0, 0.05) is 12.6 Å². The predicted octanol–water partition coefficient (Wildman–Crippen LogP) is 0.465. The van der Waals surface area contributed by atoms with Gasteiger partial charge in [-0.2, -0.15) is 0 Å². The molecular formula is C10H15N3O2. The van der Waals surface area contributed by atoms with Crippen molar-refractivity contribution >= 4 is 5.91 Å². The van der Waals surface area contributed by atoms with Gasteiger partial charge in [-0.15, -0.1) is 0 Å². The first-order chi connectivity index (χ1) is 7.27. The molecule has 2 rings (SSSR count). The molecule has 1 amide bonds. The van der Waals surface area contributed by atoms with Gasteiger partial charge in [0.25, 0.3) is 5.91 Å². The maximum absolute atomic E-state index is 11.7. The van der Waals surface area contributed by atoms with Crippen molar-refractivity contribution in [1.82, 2.24) is 15.6 Å². The van der Waals surface area contributed by atoms with Crippen LogP contribution in [0.2, 0.25) is 0 Å². The molecule has 1 aromatic heterocycles. The van der Waals surface area contributed by atoms with Gasteiger partial charge in [-0.25, -0.2) is 4.98 Å². The number of hydrogen-bond acceptors (Lipinski definition) is 4. The lowest BCUT2D eigenvalue weighted by molar-refractivity contribution is 0.0901. The lowest BCUT2D eigenvalue weighted by Crippen LogP contribution is -2.45. The first-order valence-corrected chi connectivity index (χ1v) is 5.19. The van der Waals surface area contributed by atoms with Gasteiger partial charge in [-0.05, 0) is 26.3 Å². The standard InChI is InChI=1S/C10H15N3O2/c1-7-9(15-6-12-7)10(14)13-8-3-2-4-11-5-8/h6,8,11H,2-5H2,1H3,(H,13,14)/t8-/m0/s1. The fraction of sp³-hybridized carbons (Fsp3) is 0.600. The number of aromatic nitrogens is 1. The highest BCUT2D eigenvalue weighted by Crippen LogP contribution is 2.07. The zero-order valence-corrected chi connectivity index (χ0v) is 8.75. The molecule has 2 heterocycles. The molecule has 0 saturated carbocycles. The summed E-state index contributed by atoms with van der Waals surface area (Å²) in [5.74, 6) is 0.152. The van der Waals surface area contributed by atoms with E-state index in [9.17, 15) is 4.79 Å². The molecule has 0 radical (unpaired) electrons. The first kappa shape index (κ1) is 10.2. The third-order valence-electron chi connectivity index (χ3n) is 2.58. The summed E-state index contributed by atoms with van der Waals surface area (Å²) in [5.41, 5.74) is 0.635. The van der Waals surface area contributed by atoms with Gasteiger partial charge in [-0.1, -0.05) is 0 Å². The molecule has 0 spiro atoms. The van der Waals surface area contributed by atoms with E-state index in [1.165, 1.54) is 6.39 Å². The average Bonchev–Trinajstić information content (AvgIpc) is 2.66. The molecule has 1 aliphatic rings. The molecule has 82 valence electrons. The second kappa shape index (κ2) is 4.44. The highest BCUT2D eigenvalue weighted by molar-refractivity contribution is 5.92. The van der Waals surface area contributed by atoms with Gasteiger partial charge in [0.1, 0.15) is 0 Å². The minimum atomic E-state index is -0.168. The number of carbonyl (C=O) groups excluding carboxylic acids is 1. The van der Waals surface area contributed by atoms with E-state index in [1.54, 1.807) is 6.92 Å². The molecule has 0 unspecified atom stereocenters. The molecule has 1 saturated heterocycles. The van der Waals surface area contributed by atoms with E-state index in [4.69, 9.17) is 4.42 Å². The second-order valence-corrected chi connectivity index (χ2v) is 3.78. The lowest BCUT2D eigenvalue weighted by Gasteiger charge is -2.23. The SMILES string of the molecule is Cc1ncoc1C(=O)N[C@H]1CCCNC1. The summed E-state index contributed by atoms with van der Waals surface area (Å²) in [7, 11) is 0. The molecule has 0 aliphatic carbocycles. The Labute approximate surface area is 88.3 Å². The molecule has 1 fully saturated rings. The van der Waals surface area contributed by atoms with Crippen molar-refractivity contribution in [3.63, 3.8) is 0 Å². The van der Waals surface area contributed by atoms with Gasteiger partial charge in [0.2, 0.25) is 5.76 Å². The van der Waals surface area contributed by atoms with Crippen LogP contribution in [0.3, 0.4) is 0 Å². The third kappa shape index (κ3) is 2.36. The van der Waals surface area contributed by atoms with Crippen LogP contribution in [-0.4, -0.2) is 30.0 Å². The zero-order valence-electron chi connectivity index (χ0n) is 8.75. The molecule has 2 N–H and O–H groups in total. The van der Waals surface area contributed by atoms with Crippen molar-refractivity contribution in [2.24, 2.45) is 0 Å². The minimum Gasteiger partial charge on any atom is -0.438 e. The monoisotopic (exact) mass is 209 g/mol. The molecule has 5 heteroatoms. The van der Waals surface area contributed by atoms with Crippen LogP contribution in [0, 0.1) is 6.92 Å². The molecule has 1 aliphatic heterocycles. The molecule has 0 bridgehead atoms. The quantitative estimate of drug-likeness (QED) is 0.742. The van der Waals surface area contributed by atoms with Gasteiger partial charge < -0.3 is 15.1 Å². The number of nitrogens with zero attached hydrogens (tertiary/aromatic N) is 1. The number of piperidine rings is 1. The number of rotatable bonds is 2. The predicted molar refractivity (Wildman–Crippen MR) is 54.6 cm³/mol. The summed E-state index contributed by atoms with van der Waals surface area (Å²) in [6.45, 7) is 3.63. The van der Waals surface area contributed by atoms with E-state index >= 15 is 0 Å². The number of oxazole rings is 1. The van der Waals surface area contributed by atoms with E-state index < -0.39 is 0 Å². The highest BCUT2D eigenvalue weighted by atomic mass is 16.3. The van der Waals surface area contributed by atoms with Crippen molar-refractivity contribution in [3.8, 4) is 0 Å². The zero-order chi connectivity index (χ0) is 10.7. The maximum atomic E-state index is 11.7. The van der Waals surface area contributed by atoms with Crippen molar-refractivity contribution in [2.75, 3.05) is 13.1 Å². The van der Waals surface area contributed by atoms with Gasteiger partial charge in [-0.3, -0.25) is 4.79 Å². The van der Waals surface area contributed by atoms with Crippen LogP contribution in [0.1, 0.15) is 29.1 Å². The number of nitrogens with one attached hydrogen (secondary N) is 2. The van der Waals surface area contributed by atoms with Crippen molar-refractivity contribution in [2.45, 2.75) is 25.8 Å². The minimum absolute atomic E-state index is 0.168. The summed E-state index contributed by atoms with van der Waals surface area (Å²) >= 11 is 0. The van der Waals surface area contributed by atoms with E-state index in [0.717, 1.165) is 25.9 Å². The summed E-state index contributed by atoms with van der Waals surface area (Å²) in [6, 6.07) is 0.204. The Kier molecular flexibility index (Phi) is 3.01. The number of aryl methyl sites for hydroxylation is 1. The van der Waals surface area contributed by atoms with Crippen LogP contribution in [0.25, 0.3) is 0 Å². The van der Waals surface area contributed by atoms with Crippen LogP contribution in [0.5, 0.6) is 0 Å². The smallest absolute Gasteiger partial charge is 0.289 e. The van der Waals surface area contributed by atoms with Crippen LogP contribution in [0.4, 0.5) is 0 Å². The normalized spacial score (nSPS) is 21.3. The van der Waals surface area contributed by atoms with Gasteiger partial charge in [0.15, 0.2) is 6.39 Å². The summed E-state index contributed by atoms with van der Waals surface area (Å²) in [6.07, 6.45) is 3.41. The van der Waals surface area contributed by atoms with Crippen LogP contribution < -0.4 is 10.6 Å². The Balaban J connectivity index is 1.94. The summed E-state index contributed by atoms with van der Waals surface area (Å²) in [4.78, 5) is 15.6. The van der Waals surface area contributed by atoms with Gasteiger partial charge in [0.05, 0.1) is 5.69 Å². The van der Waals surface area contributed by atoms with Crippen LogP contribution >= 0.6 is 0 Å². The largest absolute Gasteiger partial charge is 0.438 e. The molecule has 15 heavy (non-hydrogen) atoms. The summed E-state index contributed by atoms with van der Waals surface area (Å²) in [5, 5.41) is 6.17. The molecule has 1 atom stereocenters. The number of amides is 1. The molecule has 1 aromatic rings. The van der Waals surface area contributed by atoms with E-state index in [0.29, 0.717) is 11.5 Å². The topological polar surface area (TPSA) is 67.2 Å². The Hall–Kier alpha value is -1.36. The first-order valence-electron chi connectivity index (χ1n) is 5.19. The van der Waals surface area contributed by atoms with E-state index in [2.05, 4.69) is 15.6 Å². The fourth-order valence-electron chi connectivity index (χ4n) is 1.75. The fourth-order valence-corrected chi connectivity index (χ4v) is 1.75. The van der Waals surface area contributed by atoms with E-state index in [-0.39, 0.29) is 11.9 Å². The third-order valence-corrected chi connectivity index (χ3v) is 2.58. The Morgan fingerprint density at radius 3 is 3.20 bits per heavy atom. The molecule has 5 nitrogen and oxygen atoms in total. The van der Waals surface area contributed by atoms with Gasteiger partial charge >= 0.3 is 0 Å².